The molecule has 0 saturated heterocycles. The van der Waals surface area contributed by atoms with Crippen LogP contribution < -0.4 is 4.74 Å². The fourth-order valence-electron chi connectivity index (χ4n) is 3.28. The summed E-state index contributed by atoms with van der Waals surface area (Å²) in [4.78, 5) is 22.9. The molecule has 2 rings (SSSR count). The van der Waals surface area contributed by atoms with E-state index in [1.165, 1.54) is 44.9 Å². The van der Waals surface area contributed by atoms with Crippen LogP contribution in [-0.4, -0.2) is 17.0 Å². The van der Waals surface area contributed by atoms with E-state index in [0.717, 1.165) is 24.0 Å². The van der Waals surface area contributed by atoms with Gasteiger partial charge in [-0.2, -0.15) is 0 Å². The average Bonchev–Trinajstić information content (AvgIpc) is 2.73. The zero-order valence-electron chi connectivity index (χ0n) is 17.4. The maximum atomic E-state index is 12.0. The van der Waals surface area contributed by atoms with Crippen molar-refractivity contribution in [3.63, 3.8) is 0 Å². The Bertz CT molecular complexity index is 747. The van der Waals surface area contributed by atoms with Crippen molar-refractivity contribution in [3.05, 3.63) is 54.1 Å². The molecular weight excluding hydrogens is 364 g/mol. The van der Waals surface area contributed by atoms with Gasteiger partial charge in [0.2, 0.25) is 0 Å². The molecule has 0 heterocycles. The number of carboxylic acids is 1. The normalized spacial score (nSPS) is 10.7. The molecule has 0 radical (unpaired) electrons. The van der Waals surface area contributed by atoms with Gasteiger partial charge in [-0.15, -0.1) is 0 Å². The first-order chi connectivity index (χ1) is 14.1. The van der Waals surface area contributed by atoms with Crippen molar-refractivity contribution in [3.8, 4) is 16.9 Å². The summed E-state index contributed by atoms with van der Waals surface area (Å²) >= 11 is 0. The Hall–Kier alpha value is -2.62. The van der Waals surface area contributed by atoms with Crippen LogP contribution in [0.2, 0.25) is 0 Å². The summed E-state index contributed by atoms with van der Waals surface area (Å²) in [7, 11) is 0. The minimum absolute atomic E-state index is 0.188. The van der Waals surface area contributed by atoms with Gasteiger partial charge in [-0.3, -0.25) is 4.79 Å². The lowest BCUT2D eigenvalue weighted by Gasteiger charge is -2.07. The average molecular weight is 397 g/mol. The van der Waals surface area contributed by atoms with Crippen molar-refractivity contribution in [2.75, 3.05) is 0 Å². The van der Waals surface area contributed by atoms with E-state index in [4.69, 9.17) is 9.84 Å². The van der Waals surface area contributed by atoms with Crippen molar-refractivity contribution in [1.82, 2.24) is 0 Å². The summed E-state index contributed by atoms with van der Waals surface area (Å²) in [6.07, 6.45) is 11.4. The molecule has 2 aromatic rings. The fourth-order valence-corrected chi connectivity index (χ4v) is 3.28. The monoisotopic (exact) mass is 396 g/mol. The predicted octanol–water partition coefficient (Wildman–Crippen LogP) is 6.88. The molecule has 4 nitrogen and oxygen atoms in total. The highest BCUT2D eigenvalue weighted by Crippen LogP contribution is 2.23. The number of benzene rings is 2. The lowest BCUT2D eigenvalue weighted by molar-refractivity contribution is -0.134. The predicted molar refractivity (Wildman–Crippen MR) is 116 cm³/mol. The zero-order valence-corrected chi connectivity index (χ0v) is 17.4. The van der Waals surface area contributed by atoms with Crippen LogP contribution in [-0.2, 0) is 4.79 Å². The molecule has 2 aromatic carbocycles. The summed E-state index contributed by atoms with van der Waals surface area (Å²) in [5, 5.41) is 8.96. The van der Waals surface area contributed by atoms with Gasteiger partial charge in [0.1, 0.15) is 5.75 Å². The van der Waals surface area contributed by atoms with Crippen molar-refractivity contribution < 1.29 is 19.4 Å². The van der Waals surface area contributed by atoms with Crippen molar-refractivity contribution in [1.29, 1.82) is 0 Å². The number of carbonyl (C=O) groups excluding carboxylic acids is 1. The van der Waals surface area contributed by atoms with Crippen LogP contribution in [0.25, 0.3) is 11.1 Å². The smallest absolute Gasteiger partial charge is 0.335 e. The van der Waals surface area contributed by atoms with Crippen LogP contribution in [0.5, 0.6) is 5.75 Å². The molecule has 0 saturated carbocycles. The van der Waals surface area contributed by atoms with Gasteiger partial charge < -0.3 is 9.84 Å². The maximum absolute atomic E-state index is 12.0. The topological polar surface area (TPSA) is 63.6 Å². The van der Waals surface area contributed by atoms with E-state index < -0.39 is 5.97 Å². The molecule has 0 amide bonds. The second-order valence-corrected chi connectivity index (χ2v) is 7.46. The largest absolute Gasteiger partial charge is 0.478 e. The number of hydrogen-bond acceptors (Lipinski definition) is 3. The Morgan fingerprint density at radius 1 is 0.724 bits per heavy atom. The second-order valence-electron chi connectivity index (χ2n) is 7.46. The molecular formula is C25H32O4. The SMILES string of the molecule is CCCCCCCCCCCC(=O)Oc1ccc(-c2ccc(C(=O)O)cc2)cc1. The molecule has 0 aromatic heterocycles. The highest BCUT2D eigenvalue weighted by molar-refractivity contribution is 5.88. The first-order valence-corrected chi connectivity index (χ1v) is 10.7. The minimum Gasteiger partial charge on any atom is -0.478 e. The third kappa shape index (κ3) is 8.51. The number of ether oxygens (including phenoxy) is 1. The molecule has 1 N–H and O–H groups in total. The quantitative estimate of drug-likeness (QED) is 0.228. The van der Waals surface area contributed by atoms with Gasteiger partial charge >= 0.3 is 11.9 Å². The van der Waals surface area contributed by atoms with Gasteiger partial charge in [0.25, 0.3) is 0 Å². The molecule has 0 spiro atoms. The van der Waals surface area contributed by atoms with Crippen LogP contribution >= 0.6 is 0 Å². The third-order valence-corrected chi connectivity index (χ3v) is 5.04. The van der Waals surface area contributed by atoms with E-state index >= 15 is 0 Å². The zero-order chi connectivity index (χ0) is 20.9. The highest BCUT2D eigenvalue weighted by atomic mass is 16.5. The minimum atomic E-state index is -0.939. The molecule has 0 aliphatic heterocycles. The Morgan fingerprint density at radius 3 is 1.72 bits per heavy atom. The summed E-state index contributed by atoms with van der Waals surface area (Å²) in [5.74, 6) is -0.589. The van der Waals surface area contributed by atoms with Gasteiger partial charge in [0.15, 0.2) is 0 Å². The molecule has 0 bridgehead atoms. The summed E-state index contributed by atoms with van der Waals surface area (Å²) in [5.41, 5.74) is 2.12. The van der Waals surface area contributed by atoms with E-state index in [1.54, 1.807) is 36.4 Å². The van der Waals surface area contributed by atoms with E-state index in [0.29, 0.717) is 12.2 Å². The Kier molecular flexibility index (Phi) is 9.98. The molecule has 0 aliphatic carbocycles. The van der Waals surface area contributed by atoms with Gasteiger partial charge in [-0.25, -0.2) is 4.79 Å². The first-order valence-electron chi connectivity index (χ1n) is 10.7. The number of carboxylic acid groups (broad SMARTS) is 1. The lowest BCUT2D eigenvalue weighted by atomic mass is 10.0. The summed E-state index contributed by atoms with van der Waals surface area (Å²) in [6, 6.07) is 14.0. The Morgan fingerprint density at radius 2 is 1.21 bits per heavy atom. The number of unbranched alkanes of at least 4 members (excludes halogenated alkanes) is 8. The van der Waals surface area contributed by atoms with Crippen LogP contribution in [0.3, 0.4) is 0 Å². The number of carbonyl (C=O) groups is 2. The standard InChI is InChI=1S/C25H32O4/c1-2-3-4-5-6-7-8-9-10-11-24(26)29-23-18-16-21(17-19-23)20-12-14-22(15-13-20)25(27)28/h12-19H,2-11H2,1H3,(H,27,28). The fraction of sp³-hybridized carbons (Fsp3) is 0.440. The van der Waals surface area contributed by atoms with E-state index in [2.05, 4.69) is 6.92 Å². The lowest BCUT2D eigenvalue weighted by Crippen LogP contribution is -2.07. The van der Waals surface area contributed by atoms with Crippen molar-refractivity contribution in [2.45, 2.75) is 71.1 Å². The maximum Gasteiger partial charge on any atom is 0.335 e. The number of aromatic carboxylic acids is 1. The van der Waals surface area contributed by atoms with Crippen LogP contribution in [0.15, 0.2) is 48.5 Å². The molecule has 0 fully saturated rings. The molecule has 0 aliphatic rings. The van der Waals surface area contributed by atoms with Crippen LogP contribution in [0.4, 0.5) is 0 Å². The third-order valence-electron chi connectivity index (χ3n) is 5.04. The highest BCUT2D eigenvalue weighted by Gasteiger charge is 2.06. The van der Waals surface area contributed by atoms with E-state index in [9.17, 15) is 9.59 Å². The number of esters is 1. The molecule has 4 heteroatoms. The molecule has 156 valence electrons. The van der Waals surface area contributed by atoms with Gasteiger partial charge in [0.05, 0.1) is 5.56 Å². The number of rotatable bonds is 13. The van der Waals surface area contributed by atoms with Gasteiger partial charge in [-0.1, -0.05) is 82.6 Å². The first kappa shape index (κ1) is 22.7. The Labute approximate surface area is 173 Å². The second kappa shape index (κ2) is 12.8. The molecule has 0 unspecified atom stereocenters. The van der Waals surface area contributed by atoms with Crippen molar-refractivity contribution in [2.24, 2.45) is 0 Å². The van der Waals surface area contributed by atoms with E-state index in [1.807, 2.05) is 12.1 Å². The Balaban J connectivity index is 1.67. The summed E-state index contributed by atoms with van der Waals surface area (Å²) < 4.78 is 5.41. The summed E-state index contributed by atoms with van der Waals surface area (Å²) in [6.45, 7) is 2.23. The molecule has 0 atom stereocenters. The van der Waals surface area contributed by atoms with Crippen molar-refractivity contribution >= 4 is 11.9 Å². The number of hydrogen-bond donors (Lipinski definition) is 1. The molecule has 29 heavy (non-hydrogen) atoms. The van der Waals surface area contributed by atoms with E-state index in [-0.39, 0.29) is 11.5 Å². The van der Waals surface area contributed by atoms with Crippen LogP contribution in [0.1, 0.15) is 81.5 Å². The van der Waals surface area contributed by atoms with Gasteiger partial charge in [-0.05, 0) is 41.8 Å². The van der Waals surface area contributed by atoms with Gasteiger partial charge in [0, 0.05) is 6.42 Å². The van der Waals surface area contributed by atoms with Crippen LogP contribution in [0, 0.1) is 0 Å².